The summed E-state index contributed by atoms with van der Waals surface area (Å²) in [6.45, 7) is 0.329. The lowest BCUT2D eigenvalue weighted by atomic mass is 10.1. The van der Waals surface area contributed by atoms with E-state index in [9.17, 15) is 4.79 Å². The maximum Gasteiger partial charge on any atom is 0.310 e. The highest BCUT2D eigenvalue weighted by Gasteiger charge is 2.13. The fourth-order valence-electron chi connectivity index (χ4n) is 2.31. The van der Waals surface area contributed by atoms with E-state index >= 15 is 0 Å². The lowest BCUT2D eigenvalue weighted by Gasteiger charge is -2.12. The average molecular weight is 409 g/mol. The van der Waals surface area contributed by atoms with Gasteiger partial charge in [0.1, 0.15) is 5.75 Å². The zero-order valence-electron chi connectivity index (χ0n) is 14.5. The van der Waals surface area contributed by atoms with Gasteiger partial charge in [-0.15, -0.1) is 0 Å². The largest absolute Gasteiger partial charge is 0.497 e. The minimum Gasteiger partial charge on any atom is -0.497 e. The Labute approximate surface area is 156 Å². The zero-order valence-corrected chi connectivity index (χ0v) is 16.1. The van der Waals surface area contributed by atoms with Gasteiger partial charge in [-0.1, -0.05) is 28.1 Å². The van der Waals surface area contributed by atoms with Crippen LogP contribution >= 0.6 is 15.9 Å². The van der Waals surface area contributed by atoms with Gasteiger partial charge in [0, 0.05) is 10.9 Å². The molecule has 0 fully saturated rings. The molecule has 0 amide bonds. The molecule has 0 unspecified atom stereocenters. The molecule has 0 aliphatic rings. The van der Waals surface area contributed by atoms with Gasteiger partial charge in [0.15, 0.2) is 11.5 Å². The van der Waals surface area contributed by atoms with Crippen molar-refractivity contribution in [3.05, 3.63) is 52.0 Å². The molecule has 0 atom stereocenters. The summed E-state index contributed by atoms with van der Waals surface area (Å²) in [7, 11) is 4.75. The molecule has 0 aliphatic carbocycles. The van der Waals surface area contributed by atoms with Gasteiger partial charge in [0.25, 0.3) is 0 Å². The molecular weight excluding hydrogens is 388 g/mol. The van der Waals surface area contributed by atoms with E-state index < -0.39 is 0 Å². The minimum absolute atomic E-state index is 0.156. The maximum atomic E-state index is 12.1. The van der Waals surface area contributed by atoms with Crippen LogP contribution in [0.25, 0.3) is 0 Å². The van der Waals surface area contributed by atoms with Gasteiger partial charge in [-0.2, -0.15) is 0 Å². The Bertz CT molecular complexity index is 712. The summed E-state index contributed by atoms with van der Waals surface area (Å²) in [5.41, 5.74) is 1.87. The molecule has 0 heterocycles. The normalized spacial score (nSPS) is 10.2. The molecule has 25 heavy (non-hydrogen) atoms. The van der Waals surface area contributed by atoms with Crippen molar-refractivity contribution in [2.75, 3.05) is 27.9 Å². The van der Waals surface area contributed by atoms with Crippen LogP contribution in [0, 0.1) is 0 Å². The highest BCUT2D eigenvalue weighted by molar-refractivity contribution is 9.10. The maximum absolute atomic E-state index is 12.1. The first-order valence-corrected chi connectivity index (χ1v) is 8.55. The van der Waals surface area contributed by atoms with Crippen molar-refractivity contribution in [3.63, 3.8) is 0 Å². The fraction of sp³-hybridized carbons (Fsp3) is 0.316. The summed E-state index contributed by atoms with van der Waals surface area (Å²) in [4.78, 5) is 12.1. The monoisotopic (exact) mass is 408 g/mol. The van der Waals surface area contributed by atoms with Gasteiger partial charge < -0.3 is 18.9 Å². The van der Waals surface area contributed by atoms with Crippen LogP contribution in [0.4, 0.5) is 0 Å². The Morgan fingerprint density at radius 3 is 2.20 bits per heavy atom. The molecule has 0 saturated carbocycles. The smallest absolute Gasteiger partial charge is 0.310 e. The SMILES string of the molecule is COc1ccc(CCOC(=O)Cc2cc(OC)c(OC)cc2Br)cc1. The number of benzene rings is 2. The van der Waals surface area contributed by atoms with Gasteiger partial charge in [0.2, 0.25) is 0 Å². The summed E-state index contributed by atoms with van der Waals surface area (Å²) < 4.78 is 21.7. The number of hydrogen-bond donors (Lipinski definition) is 0. The van der Waals surface area contributed by atoms with E-state index in [1.54, 1.807) is 33.5 Å². The van der Waals surface area contributed by atoms with Gasteiger partial charge in [-0.05, 0) is 35.4 Å². The Balaban J connectivity index is 1.89. The predicted molar refractivity (Wildman–Crippen MR) is 98.6 cm³/mol. The fourth-order valence-corrected chi connectivity index (χ4v) is 2.78. The van der Waals surface area contributed by atoms with Crippen LogP contribution in [0.15, 0.2) is 40.9 Å². The molecule has 6 heteroatoms. The molecule has 0 bridgehead atoms. The van der Waals surface area contributed by atoms with E-state index in [1.807, 2.05) is 24.3 Å². The molecule has 0 N–H and O–H groups in total. The predicted octanol–water partition coefficient (Wildman–Crippen LogP) is 3.80. The molecule has 2 rings (SSSR count). The van der Waals surface area contributed by atoms with E-state index in [2.05, 4.69) is 15.9 Å². The first-order valence-electron chi connectivity index (χ1n) is 7.76. The second-order valence-corrected chi connectivity index (χ2v) is 6.15. The Hall–Kier alpha value is -2.21. The first-order chi connectivity index (χ1) is 12.1. The summed E-state index contributed by atoms with van der Waals surface area (Å²) in [6.07, 6.45) is 0.812. The molecule has 0 radical (unpaired) electrons. The van der Waals surface area contributed by atoms with Crippen LogP contribution in [0.5, 0.6) is 17.2 Å². The third-order valence-electron chi connectivity index (χ3n) is 3.70. The lowest BCUT2D eigenvalue weighted by Crippen LogP contribution is -2.11. The van der Waals surface area contributed by atoms with E-state index in [0.29, 0.717) is 24.5 Å². The van der Waals surface area contributed by atoms with Crippen LogP contribution in [-0.2, 0) is 22.4 Å². The highest BCUT2D eigenvalue weighted by Crippen LogP contribution is 2.33. The molecule has 0 aromatic heterocycles. The van der Waals surface area contributed by atoms with Crippen molar-refractivity contribution >= 4 is 21.9 Å². The second-order valence-electron chi connectivity index (χ2n) is 5.29. The van der Waals surface area contributed by atoms with Crippen LogP contribution in [-0.4, -0.2) is 33.9 Å². The third kappa shape index (κ3) is 5.39. The number of esters is 1. The Morgan fingerprint density at radius 2 is 1.60 bits per heavy atom. The average Bonchev–Trinajstić information content (AvgIpc) is 2.63. The number of halogens is 1. The summed E-state index contributed by atoms with van der Waals surface area (Å²) >= 11 is 3.44. The van der Waals surface area contributed by atoms with Crippen molar-refractivity contribution in [2.24, 2.45) is 0 Å². The minimum atomic E-state index is -0.290. The van der Waals surface area contributed by atoms with E-state index in [0.717, 1.165) is 21.3 Å². The van der Waals surface area contributed by atoms with Gasteiger partial charge in [0.05, 0.1) is 34.4 Å². The van der Waals surface area contributed by atoms with Crippen LogP contribution in [0.3, 0.4) is 0 Å². The van der Waals surface area contributed by atoms with E-state index in [4.69, 9.17) is 18.9 Å². The number of rotatable bonds is 8. The molecule has 5 nitrogen and oxygen atoms in total. The first kappa shape index (κ1) is 19.1. The van der Waals surface area contributed by atoms with Crippen molar-refractivity contribution < 1.29 is 23.7 Å². The van der Waals surface area contributed by atoms with Gasteiger partial charge in [-0.3, -0.25) is 4.79 Å². The van der Waals surface area contributed by atoms with Crippen molar-refractivity contribution in [3.8, 4) is 17.2 Å². The van der Waals surface area contributed by atoms with E-state index in [1.165, 1.54) is 0 Å². The Kier molecular flexibility index (Phi) is 7.13. The number of carbonyl (C=O) groups is 1. The number of hydrogen-bond acceptors (Lipinski definition) is 5. The van der Waals surface area contributed by atoms with Crippen molar-refractivity contribution in [2.45, 2.75) is 12.8 Å². The molecule has 0 spiro atoms. The quantitative estimate of drug-likeness (QED) is 0.621. The third-order valence-corrected chi connectivity index (χ3v) is 4.44. The van der Waals surface area contributed by atoms with Crippen LogP contribution < -0.4 is 14.2 Å². The molecule has 2 aromatic carbocycles. The molecule has 134 valence electrons. The van der Waals surface area contributed by atoms with Crippen molar-refractivity contribution in [1.82, 2.24) is 0 Å². The van der Waals surface area contributed by atoms with Crippen molar-refractivity contribution in [1.29, 1.82) is 0 Å². The lowest BCUT2D eigenvalue weighted by molar-refractivity contribution is -0.142. The highest BCUT2D eigenvalue weighted by atomic mass is 79.9. The number of methoxy groups -OCH3 is 3. The van der Waals surface area contributed by atoms with Gasteiger partial charge in [-0.25, -0.2) is 0 Å². The summed E-state index contributed by atoms with van der Waals surface area (Å²) in [6, 6.07) is 11.2. The Morgan fingerprint density at radius 1 is 0.960 bits per heavy atom. The standard InChI is InChI=1S/C19H21BrO5/c1-22-15-6-4-13(5-7-15)8-9-25-19(21)11-14-10-17(23-2)18(24-3)12-16(14)20/h4-7,10,12H,8-9,11H2,1-3H3. The number of carbonyl (C=O) groups excluding carboxylic acids is 1. The molecule has 2 aromatic rings. The summed E-state index contributed by atoms with van der Waals surface area (Å²) in [5.74, 6) is 1.69. The molecule has 0 aliphatic heterocycles. The van der Waals surface area contributed by atoms with Gasteiger partial charge >= 0.3 is 5.97 Å². The summed E-state index contributed by atoms with van der Waals surface area (Å²) in [5, 5.41) is 0. The molecular formula is C19H21BrO5. The second kappa shape index (κ2) is 9.32. The zero-order chi connectivity index (χ0) is 18.2. The topological polar surface area (TPSA) is 54.0 Å². The van der Waals surface area contributed by atoms with Crippen LogP contribution in [0.2, 0.25) is 0 Å². The van der Waals surface area contributed by atoms with Crippen LogP contribution in [0.1, 0.15) is 11.1 Å². The number of ether oxygens (including phenoxy) is 4. The van der Waals surface area contributed by atoms with E-state index in [-0.39, 0.29) is 12.4 Å². The molecule has 0 saturated heterocycles.